The summed E-state index contributed by atoms with van der Waals surface area (Å²) in [5.41, 5.74) is 5.27. The van der Waals surface area contributed by atoms with E-state index >= 15 is 0 Å². The Morgan fingerprint density at radius 2 is 1.45 bits per heavy atom. The lowest BCUT2D eigenvalue weighted by atomic mass is 9.81. The van der Waals surface area contributed by atoms with E-state index in [-0.39, 0.29) is 12.4 Å². The van der Waals surface area contributed by atoms with Gasteiger partial charge in [-0.2, -0.15) is 8.42 Å². The molecule has 0 saturated heterocycles. The van der Waals surface area contributed by atoms with Gasteiger partial charge in [0.15, 0.2) is 0 Å². The van der Waals surface area contributed by atoms with E-state index in [0.717, 1.165) is 6.26 Å². The fourth-order valence-corrected chi connectivity index (χ4v) is 3.17. The normalized spacial score (nSPS) is 15.0. The van der Waals surface area contributed by atoms with Gasteiger partial charge in [-0.3, -0.25) is 13.8 Å². The van der Waals surface area contributed by atoms with E-state index in [9.17, 15) is 18.0 Å². The van der Waals surface area contributed by atoms with Crippen LogP contribution < -0.4 is 10.5 Å². The highest BCUT2D eigenvalue weighted by atomic mass is 32.2. The molecule has 0 fully saturated rings. The molecule has 9 heteroatoms. The number of nitrogens with two attached hydrogens (primary N) is 1. The van der Waals surface area contributed by atoms with Crippen molar-refractivity contribution in [1.29, 1.82) is 0 Å². The Bertz CT molecular complexity index is 964. The van der Waals surface area contributed by atoms with Crippen molar-refractivity contribution in [2.24, 2.45) is 22.0 Å². The molecule has 0 aliphatic heterocycles. The van der Waals surface area contributed by atoms with E-state index in [0.29, 0.717) is 11.1 Å². The largest absolute Gasteiger partial charge is 0.460 e. The first-order valence-corrected chi connectivity index (χ1v) is 12.6. The van der Waals surface area contributed by atoms with Gasteiger partial charge in [-0.05, 0) is 64.7 Å². The first kappa shape index (κ1) is 29.1. The Kier molecular flexibility index (Phi) is 8.90. The molecule has 2 atom stereocenters. The van der Waals surface area contributed by atoms with Crippen LogP contribution >= 0.6 is 0 Å². The molecule has 2 unspecified atom stereocenters. The Morgan fingerprint density at radius 1 is 0.939 bits per heavy atom. The second-order valence-electron chi connectivity index (χ2n) is 11.4. The fraction of sp³-hybridized carbons (Fsp3) is 0.667. The van der Waals surface area contributed by atoms with Gasteiger partial charge in [-0.15, -0.1) is 0 Å². The number of ether oxygens (including phenoxy) is 2. The first-order valence-electron chi connectivity index (χ1n) is 10.8. The molecule has 188 valence electrons. The van der Waals surface area contributed by atoms with Crippen LogP contribution in [-0.2, 0) is 35.2 Å². The maximum Gasteiger partial charge on any atom is 0.316 e. The minimum Gasteiger partial charge on any atom is -0.460 e. The van der Waals surface area contributed by atoms with Crippen molar-refractivity contribution in [3.05, 3.63) is 29.3 Å². The van der Waals surface area contributed by atoms with E-state index in [1.807, 2.05) is 20.8 Å². The van der Waals surface area contributed by atoms with Gasteiger partial charge in [0.1, 0.15) is 18.5 Å². The summed E-state index contributed by atoms with van der Waals surface area (Å²) < 4.78 is 40.3. The molecule has 0 heterocycles. The van der Waals surface area contributed by atoms with Crippen molar-refractivity contribution < 1.29 is 31.7 Å². The van der Waals surface area contributed by atoms with Gasteiger partial charge in [-0.25, -0.2) is 0 Å². The number of carbonyl (C=O) groups excluding carboxylic acids is 2. The molecule has 0 aliphatic carbocycles. The van der Waals surface area contributed by atoms with Crippen molar-refractivity contribution in [3.8, 4) is 5.75 Å². The van der Waals surface area contributed by atoms with Crippen LogP contribution in [0.15, 0.2) is 18.2 Å². The van der Waals surface area contributed by atoms with Crippen LogP contribution in [0.5, 0.6) is 5.75 Å². The van der Waals surface area contributed by atoms with Crippen LogP contribution in [0.1, 0.15) is 79.5 Å². The average Bonchev–Trinajstić information content (AvgIpc) is 2.61. The molecule has 0 radical (unpaired) electrons. The molecule has 8 nitrogen and oxygen atoms in total. The third-order valence-corrected chi connectivity index (χ3v) is 5.36. The van der Waals surface area contributed by atoms with Gasteiger partial charge in [0.25, 0.3) is 10.1 Å². The number of carbonyl (C=O) groups is 2. The Balaban J connectivity index is 3.51. The van der Waals surface area contributed by atoms with Gasteiger partial charge < -0.3 is 15.2 Å². The summed E-state index contributed by atoms with van der Waals surface area (Å²) in [6.45, 7) is 15.8. The Hall–Kier alpha value is -1.97. The third kappa shape index (κ3) is 9.06. The number of benzene rings is 1. The van der Waals surface area contributed by atoms with Crippen LogP contribution in [0.25, 0.3) is 0 Å². The van der Waals surface area contributed by atoms with Crippen molar-refractivity contribution >= 4 is 22.1 Å². The van der Waals surface area contributed by atoms with Crippen LogP contribution in [0.4, 0.5) is 0 Å². The molecule has 0 spiro atoms. The highest BCUT2D eigenvalue weighted by Gasteiger charge is 2.34. The van der Waals surface area contributed by atoms with Crippen LogP contribution in [0.3, 0.4) is 0 Å². The molecule has 1 aromatic carbocycles. The minimum absolute atomic E-state index is 0.174. The van der Waals surface area contributed by atoms with Crippen molar-refractivity contribution in [2.45, 2.75) is 81.1 Å². The maximum absolute atomic E-state index is 12.5. The second-order valence-corrected chi connectivity index (χ2v) is 13.0. The lowest BCUT2D eigenvalue weighted by Gasteiger charge is -2.33. The van der Waals surface area contributed by atoms with Crippen molar-refractivity contribution in [2.75, 3.05) is 6.26 Å². The van der Waals surface area contributed by atoms with E-state index in [4.69, 9.17) is 19.4 Å². The molecule has 0 aliphatic rings. The van der Waals surface area contributed by atoms with E-state index < -0.39 is 50.4 Å². The van der Waals surface area contributed by atoms with Crippen LogP contribution in [0.2, 0.25) is 0 Å². The molecule has 0 saturated carbocycles. The summed E-state index contributed by atoms with van der Waals surface area (Å²) >= 11 is 0. The standard InChI is InChI=1S/C24H39NO7S/c1-22(2,3)19(25)18(32-33(10,28)29)15-11-12-17(31-21(27)24(7,8)9)16(13-15)14-30-20(26)23(4,5)6/h11-13,18-19H,14,25H2,1-10H3. The zero-order valence-electron chi connectivity index (χ0n) is 21.4. The fourth-order valence-electron chi connectivity index (χ4n) is 2.57. The molecule has 2 N–H and O–H groups in total. The second kappa shape index (κ2) is 10.1. The van der Waals surface area contributed by atoms with E-state index in [2.05, 4.69) is 0 Å². The summed E-state index contributed by atoms with van der Waals surface area (Å²) in [6, 6.07) is 4.05. The molecule has 0 amide bonds. The molecule has 33 heavy (non-hydrogen) atoms. The molecular formula is C24H39NO7S. The predicted molar refractivity (Wildman–Crippen MR) is 127 cm³/mol. The number of hydrogen-bond donors (Lipinski definition) is 1. The summed E-state index contributed by atoms with van der Waals surface area (Å²) in [5.74, 6) is -0.687. The van der Waals surface area contributed by atoms with Crippen molar-refractivity contribution in [3.63, 3.8) is 0 Å². The van der Waals surface area contributed by atoms with Gasteiger partial charge in [-0.1, -0.05) is 26.8 Å². The average molecular weight is 486 g/mol. The maximum atomic E-state index is 12.5. The van der Waals surface area contributed by atoms with Crippen LogP contribution in [-0.4, -0.2) is 32.7 Å². The minimum atomic E-state index is -3.83. The zero-order chi connectivity index (χ0) is 26.0. The van der Waals surface area contributed by atoms with Gasteiger partial charge >= 0.3 is 11.9 Å². The lowest BCUT2D eigenvalue weighted by molar-refractivity contribution is -0.154. The first-order chi connectivity index (χ1) is 14.6. The monoisotopic (exact) mass is 485 g/mol. The highest BCUT2D eigenvalue weighted by Crippen LogP contribution is 2.35. The van der Waals surface area contributed by atoms with Gasteiger partial charge in [0, 0.05) is 11.6 Å². The summed E-state index contributed by atoms with van der Waals surface area (Å²) in [7, 11) is -3.83. The smallest absolute Gasteiger partial charge is 0.316 e. The summed E-state index contributed by atoms with van der Waals surface area (Å²) in [5, 5.41) is 0. The Labute approximate surface area is 198 Å². The number of rotatable bonds is 7. The van der Waals surface area contributed by atoms with Crippen molar-refractivity contribution in [1.82, 2.24) is 0 Å². The quantitative estimate of drug-likeness (QED) is 0.348. The van der Waals surface area contributed by atoms with E-state index in [1.165, 1.54) is 6.07 Å². The zero-order valence-corrected chi connectivity index (χ0v) is 22.3. The number of hydrogen-bond acceptors (Lipinski definition) is 8. The van der Waals surface area contributed by atoms with E-state index in [1.54, 1.807) is 53.7 Å². The lowest BCUT2D eigenvalue weighted by Crippen LogP contribution is -2.42. The summed E-state index contributed by atoms with van der Waals surface area (Å²) in [4.78, 5) is 24.8. The molecular weight excluding hydrogens is 446 g/mol. The van der Waals surface area contributed by atoms with Gasteiger partial charge in [0.2, 0.25) is 0 Å². The molecule has 0 aromatic heterocycles. The summed E-state index contributed by atoms with van der Waals surface area (Å²) in [6.07, 6.45) is -0.0367. The predicted octanol–water partition coefficient (Wildman–Crippen LogP) is 4.12. The number of esters is 2. The Morgan fingerprint density at radius 3 is 1.88 bits per heavy atom. The SMILES string of the molecule is CC(C)(C)C(=O)OCc1cc(C(OS(C)(=O)=O)C(N)C(C)(C)C)ccc1OC(=O)C(C)(C)C. The third-order valence-electron chi connectivity index (χ3n) is 4.80. The van der Waals surface area contributed by atoms with Gasteiger partial charge in [0.05, 0.1) is 17.1 Å². The van der Waals surface area contributed by atoms with Crippen LogP contribution in [0, 0.1) is 16.2 Å². The molecule has 1 rings (SSSR count). The highest BCUT2D eigenvalue weighted by molar-refractivity contribution is 7.86. The molecule has 1 aromatic rings. The topological polar surface area (TPSA) is 122 Å². The molecule has 0 bridgehead atoms.